The highest BCUT2D eigenvalue weighted by Crippen LogP contribution is 2.22. The Bertz CT molecular complexity index is 691. The molecule has 114 valence electrons. The number of benzene rings is 2. The number of nitro groups is 1. The van der Waals surface area contributed by atoms with Gasteiger partial charge in [-0.05, 0) is 46.9 Å². The third-order valence-electron chi connectivity index (χ3n) is 2.88. The van der Waals surface area contributed by atoms with Gasteiger partial charge in [0.15, 0.2) is 0 Å². The Kier molecular flexibility index (Phi) is 5.70. The topological polar surface area (TPSA) is 84.3 Å². The summed E-state index contributed by atoms with van der Waals surface area (Å²) >= 11 is 2.17. The molecular formula is C15H14IN3O3. The van der Waals surface area contributed by atoms with E-state index in [1.807, 2.05) is 24.3 Å². The van der Waals surface area contributed by atoms with Gasteiger partial charge >= 0.3 is 0 Å². The molecule has 1 amide bonds. The first-order valence-electron chi connectivity index (χ1n) is 6.59. The average molecular weight is 411 g/mol. The van der Waals surface area contributed by atoms with Gasteiger partial charge in [-0.1, -0.05) is 18.2 Å². The summed E-state index contributed by atoms with van der Waals surface area (Å²) in [6.45, 7) is 0.320. The van der Waals surface area contributed by atoms with E-state index in [0.29, 0.717) is 12.2 Å². The van der Waals surface area contributed by atoms with Crippen LogP contribution in [0.3, 0.4) is 0 Å². The summed E-state index contributed by atoms with van der Waals surface area (Å²) in [5.41, 5.74) is 1.15. The molecule has 0 radical (unpaired) electrons. The molecule has 7 heteroatoms. The summed E-state index contributed by atoms with van der Waals surface area (Å²) in [5.74, 6) is -0.145. The lowest BCUT2D eigenvalue weighted by Crippen LogP contribution is -2.16. The van der Waals surface area contributed by atoms with Gasteiger partial charge in [-0.15, -0.1) is 0 Å². The number of nitrogens with one attached hydrogen (secondary N) is 2. The molecule has 2 aromatic rings. The fraction of sp³-hybridized carbons (Fsp3) is 0.133. The first-order chi connectivity index (χ1) is 10.6. The Morgan fingerprint density at radius 2 is 1.95 bits per heavy atom. The standard InChI is InChI=1S/C15H14IN3O3/c16-11-4-3-5-12(10-11)18-15(20)8-9-17-13-6-1-2-7-14(13)19(21)22/h1-7,10,17H,8-9H2,(H,18,20). The van der Waals surface area contributed by atoms with E-state index < -0.39 is 4.92 Å². The molecule has 2 rings (SSSR count). The predicted molar refractivity (Wildman–Crippen MR) is 94.0 cm³/mol. The van der Waals surface area contributed by atoms with E-state index in [1.165, 1.54) is 6.07 Å². The molecule has 0 aromatic heterocycles. The van der Waals surface area contributed by atoms with Gasteiger partial charge in [-0.25, -0.2) is 0 Å². The van der Waals surface area contributed by atoms with Crippen LogP contribution in [0.4, 0.5) is 17.1 Å². The normalized spacial score (nSPS) is 10.0. The highest BCUT2D eigenvalue weighted by atomic mass is 127. The second-order valence-electron chi connectivity index (χ2n) is 4.51. The quantitative estimate of drug-likeness (QED) is 0.432. The van der Waals surface area contributed by atoms with E-state index in [-0.39, 0.29) is 18.0 Å². The van der Waals surface area contributed by atoms with Crippen molar-refractivity contribution >= 4 is 45.6 Å². The van der Waals surface area contributed by atoms with Crippen LogP contribution in [-0.4, -0.2) is 17.4 Å². The van der Waals surface area contributed by atoms with Crippen LogP contribution in [0.5, 0.6) is 0 Å². The number of halogens is 1. The van der Waals surface area contributed by atoms with Crippen LogP contribution in [0.1, 0.15) is 6.42 Å². The van der Waals surface area contributed by atoms with Crippen molar-refractivity contribution in [3.05, 3.63) is 62.2 Å². The summed E-state index contributed by atoms with van der Waals surface area (Å²) in [4.78, 5) is 22.3. The van der Waals surface area contributed by atoms with E-state index in [0.717, 1.165) is 9.26 Å². The van der Waals surface area contributed by atoms with Crippen LogP contribution < -0.4 is 10.6 Å². The van der Waals surface area contributed by atoms with Crippen molar-refractivity contribution in [2.75, 3.05) is 17.2 Å². The number of amides is 1. The molecular weight excluding hydrogens is 397 g/mol. The maximum Gasteiger partial charge on any atom is 0.292 e. The molecule has 0 aliphatic rings. The number of nitrogens with zero attached hydrogens (tertiary/aromatic N) is 1. The zero-order valence-corrected chi connectivity index (χ0v) is 13.7. The minimum atomic E-state index is -0.450. The molecule has 0 saturated heterocycles. The Morgan fingerprint density at radius 1 is 1.18 bits per heavy atom. The zero-order chi connectivity index (χ0) is 15.9. The maximum absolute atomic E-state index is 11.8. The molecule has 22 heavy (non-hydrogen) atoms. The molecule has 2 N–H and O–H groups in total. The van der Waals surface area contributed by atoms with Crippen LogP contribution in [-0.2, 0) is 4.79 Å². The number of hydrogen-bond donors (Lipinski definition) is 2. The minimum Gasteiger partial charge on any atom is -0.379 e. The fourth-order valence-electron chi connectivity index (χ4n) is 1.88. The lowest BCUT2D eigenvalue weighted by atomic mass is 10.2. The number of carbonyl (C=O) groups is 1. The lowest BCUT2D eigenvalue weighted by molar-refractivity contribution is -0.384. The summed E-state index contributed by atoms with van der Waals surface area (Å²) in [7, 11) is 0. The van der Waals surface area contributed by atoms with Gasteiger partial charge in [0.1, 0.15) is 5.69 Å². The molecule has 0 aliphatic carbocycles. The second kappa shape index (κ2) is 7.74. The predicted octanol–water partition coefficient (Wildman–Crippen LogP) is 3.64. The smallest absolute Gasteiger partial charge is 0.292 e. The SMILES string of the molecule is O=C(CCNc1ccccc1[N+](=O)[O-])Nc1cccc(I)c1. The summed E-state index contributed by atoms with van der Waals surface area (Å²) in [6, 6.07) is 13.8. The average Bonchev–Trinajstić information content (AvgIpc) is 2.47. The lowest BCUT2D eigenvalue weighted by Gasteiger charge is -2.08. The number of carbonyl (C=O) groups excluding carboxylic acids is 1. The highest BCUT2D eigenvalue weighted by Gasteiger charge is 2.12. The van der Waals surface area contributed by atoms with Crippen molar-refractivity contribution in [1.82, 2.24) is 0 Å². The Morgan fingerprint density at radius 3 is 2.68 bits per heavy atom. The Hall–Kier alpha value is -2.16. The molecule has 0 spiro atoms. The third kappa shape index (κ3) is 4.69. The third-order valence-corrected chi connectivity index (χ3v) is 3.55. The minimum absolute atomic E-state index is 0.000483. The summed E-state index contributed by atoms with van der Waals surface area (Å²) in [6.07, 6.45) is 0.220. The van der Waals surface area contributed by atoms with Gasteiger partial charge < -0.3 is 10.6 Å². The van der Waals surface area contributed by atoms with Crippen LogP contribution in [0.15, 0.2) is 48.5 Å². The number of hydrogen-bond acceptors (Lipinski definition) is 4. The number of rotatable bonds is 6. The Labute approximate surface area is 141 Å². The highest BCUT2D eigenvalue weighted by molar-refractivity contribution is 14.1. The molecule has 0 atom stereocenters. The van der Waals surface area contributed by atoms with Gasteiger partial charge in [0.05, 0.1) is 4.92 Å². The molecule has 0 aliphatic heterocycles. The van der Waals surface area contributed by atoms with Crippen LogP contribution in [0.25, 0.3) is 0 Å². The molecule has 0 unspecified atom stereocenters. The van der Waals surface area contributed by atoms with Gasteiger partial charge in [0, 0.05) is 28.3 Å². The summed E-state index contributed by atoms with van der Waals surface area (Å²) in [5, 5.41) is 16.6. The molecule has 0 heterocycles. The number of para-hydroxylation sites is 2. The van der Waals surface area contributed by atoms with Gasteiger partial charge in [-0.3, -0.25) is 14.9 Å². The van der Waals surface area contributed by atoms with Crippen LogP contribution in [0.2, 0.25) is 0 Å². The molecule has 6 nitrogen and oxygen atoms in total. The monoisotopic (exact) mass is 411 g/mol. The van der Waals surface area contributed by atoms with Crippen molar-refractivity contribution in [2.24, 2.45) is 0 Å². The van der Waals surface area contributed by atoms with Crippen molar-refractivity contribution in [3.63, 3.8) is 0 Å². The van der Waals surface area contributed by atoms with E-state index in [2.05, 4.69) is 33.2 Å². The maximum atomic E-state index is 11.8. The number of nitro benzene ring substituents is 1. The molecule has 0 bridgehead atoms. The first kappa shape index (κ1) is 16.2. The molecule has 0 fully saturated rings. The Balaban J connectivity index is 1.86. The van der Waals surface area contributed by atoms with E-state index >= 15 is 0 Å². The van der Waals surface area contributed by atoms with E-state index in [9.17, 15) is 14.9 Å². The van der Waals surface area contributed by atoms with Crippen molar-refractivity contribution in [1.29, 1.82) is 0 Å². The van der Waals surface area contributed by atoms with Crippen LogP contribution in [0, 0.1) is 13.7 Å². The van der Waals surface area contributed by atoms with E-state index in [1.54, 1.807) is 18.2 Å². The summed E-state index contributed by atoms with van der Waals surface area (Å²) < 4.78 is 1.04. The largest absolute Gasteiger partial charge is 0.379 e. The fourth-order valence-corrected chi connectivity index (χ4v) is 2.43. The van der Waals surface area contributed by atoms with Gasteiger partial charge in [0.2, 0.25) is 5.91 Å². The van der Waals surface area contributed by atoms with E-state index in [4.69, 9.17) is 0 Å². The zero-order valence-electron chi connectivity index (χ0n) is 11.6. The number of anilines is 2. The van der Waals surface area contributed by atoms with Gasteiger partial charge in [0.25, 0.3) is 5.69 Å². The van der Waals surface area contributed by atoms with Crippen LogP contribution >= 0.6 is 22.6 Å². The molecule has 2 aromatic carbocycles. The molecule has 0 saturated carbocycles. The van der Waals surface area contributed by atoms with Crippen molar-refractivity contribution < 1.29 is 9.72 Å². The van der Waals surface area contributed by atoms with Gasteiger partial charge in [-0.2, -0.15) is 0 Å². The van der Waals surface area contributed by atoms with Crippen molar-refractivity contribution in [3.8, 4) is 0 Å². The first-order valence-corrected chi connectivity index (χ1v) is 7.67. The van der Waals surface area contributed by atoms with Crippen molar-refractivity contribution in [2.45, 2.75) is 6.42 Å². The second-order valence-corrected chi connectivity index (χ2v) is 5.76.